The zero-order valence-corrected chi connectivity index (χ0v) is 11.5. The van der Waals surface area contributed by atoms with E-state index in [0.29, 0.717) is 12.4 Å². The molecule has 1 aliphatic heterocycles. The van der Waals surface area contributed by atoms with E-state index in [1.807, 2.05) is 19.1 Å². The third kappa shape index (κ3) is 3.11. The van der Waals surface area contributed by atoms with Gasteiger partial charge in [-0.05, 0) is 44.5 Å². The van der Waals surface area contributed by atoms with E-state index in [2.05, 4.69) is 15.6 Å². The average Bonchev–Trinajstić information content (AvgIpc) is 2.42. The van der Waals surface area contributed by atoms with Gasteiger partial charge in [-0.2, -0.15) is 0 Å². The molecule has 2 N–H and O–H groups in total. The SMILES string of the molecule is COCC1(C(=O)Nc2ncccc2C)CCNCC1. The van der Waals surface area contributed by atoms with Crippen LogP contribution in [0.25, 0.3) is 0 Å². The number of ether oxygens (including phenoxy) is 1. The Hall–Kier alpha value is -1.46. The van der Waals surface area contributed by atoms with Gasteiger partial charge in [-0.15, -0.1) is 0 Å². The highest BCUT2D eigenvalue weighted by Crippen LogP contribution is 2.30. The van der Waals surface area contributed by atoms with Gasteiger partial charge in [-0.25, -0.2) is 4.98 Å². The van der Waals surface area contributed by atoms with E-state index >= 15 is 0 Å². The molecule has 2 rings (SSSR count). The first-order chi connectivity index (χ1) is 9.18. The number of aromatic nitrogens is 1. The average molecular weight is 263 g/mol. The molecule has 0 spiro atoms. The number of anilines is 1. The maximum absolute atomic E-state index is 12.6. The van der Waals surface area contributed by atoms with Crippen molar-refractivity contribution < 1.29 is 9.53 Å². The topological polar surface area (TPSA) is 63.2 Å². The maximum Gasteiger partial charge on any atom is 0.234 e. The summed E-state index contributed by atoms with van der Waals surface area (Å²) >= 11 is 0. The number of methoxy groups -OCH3 is 1. The summed E-state index contributed by atoms with van der Waals surface area (Å²) in [6.07, 6.45) is 3.27. The van der Waals surface area contributed by atoms with Gasteiger partial charge >= 0.3 is 0 Å². The first-order valence-electron chi connectivity index (χ1n) is 6.61. The van der Waals surface area contributed by atoms with Crippen molar-refractivity contribution >= 4 is 11.7 Å². The van der Waals surface area contributed by atoms with Crippen LogP contribution in [0.2, 0.25) is 0 Å². The summed E-state index contributed by atoms with van der Waals surface area (Å²) < 4.78 is 5.26. The Morgan fingerprint density at radius 1 is 1.53 bits per heavy atom. The number of aryl methyl sites for hydroxylation is 1. The molecule has 1 amide bonds. The second kappa shape index (κ2) is 6.12. The maximum atomic E-state index is 12.6. The molecule has 1 aliphatic rings. The highest BCUT2D eigenvalue weighted by Gasteiger charge is 2.39. The number of pyridine rings is 1. The Morgan fingerprint density at radius 2 is 2.26 bits per heavy atom. The molecule has 1 saturated heterocycles. The summed E-state index contributed by atoms with van der Waals surface area (Å²) in [5.41, 5.74) is 0.529. The van der Waals surface area contributed by atoms with Crippen molar-refractivity contribution in [2.45, 2.75) is 19.8 Å². The number of amides is 1. The summed E-state index contributed by atoms with van der Waals surface area (Å²) in [7, 11) is 1.64. The molecule has 0 bridgehead atoms. The molecule has 5 nitrogen and oxygen atoms in total. The van der Waals surface area contributed by atoms with E-state index in [9.17, 15) is 4.79 Å². The van der Waals surface area contributed by atoms with Crippen molar-refractivity contribution in [1.82, 2.24) is 10.3 Å². The Kier molecular flexibility index (Phi) is 4.50. The summed E-state index contributed by atoms with van der Waals surface area (Å²) in [6.45, 7) is 4.08. The molecule has 1 aromatic rings. The van der Waals surface area contributed by atoms with Gasteiger partial charge in [-0.1, -0.05) is 6.07 Å². The molecule has 1 aromatic heterocycles. The van der Waals surface area contributed by atoms with Crippen molar-refractivity contribution in [3.05, 3.63) is 23.9 Å². The highest BCUT2D eigenvalue weighted by molar-refractivity contribution is 5.95. The van der Waals surface area contributed by atoms with Crippen LogP contribution < -0.4 is 10.6 Å². The van der Waals surface area contributed by atoms with Gasteiger partial charge in [-0.3, -0.25) is 4.79 Å². The summed E-state index contributed by atoms with van der Waals surface area (Å²) in [5.74, 6) is 0.652. The minimum absolute atomic E-state index is 0.0117. The predicted octanol–water partition coefficient (Wildman–Crippen LogP) is 1.34. The molecule has 0 aliphatic carbocycles. The number of hydrogen-bond acceptors (Lipinski definition) is 4. The Balaban J connectivity index is 2.14. The van der Waals surface area contributed by atoms with Gasteiger partial charge in [0.25, 0.3) is 0 Å². The fourth-order valence-electron chi connectivity index (χ4n) is 2.48. The first-order valence-corrected chi connectivity index (χ1v) is 6.61. The first kappa shape index (κ1) is 14.0. The molecule has 5 heteroatoms. The zero-order valence-electron chi connectivity index (χ0n) is 11.5. The van der Waals surface area contributed by atoms with E-state index in [-0.39, 0.29) is 5.91 Å². The molecule has 104 valence electrons. The standard InChI is InChI=1S/C14H21N3O2/c1-11-4-3-7-16-12(11)17-13(18)14(10-19-2)5-8-15-9-6-14/h3-4,7,15H,5-6,8-10H2,1-2H3,(H,16,17,18). The summed E-state index contributed by atoms with van der Waals surface area (Å²) in [6, 6.07) is 3.80. The minimum atomic E-state index is -0.441. The monoisotopic (exact) mass is 263 g/mol. The van der Waals surface area contributed by atoms with Crippen LogP contribution in [0.5, 0.6) is 0 Å². The van der Waals surface area contributed by atoms with E-state index < -0.39 is 5.41 Å². The quantitative estimate of drug-likeness (QED) is 0.860. The van der Waals surface area contributed by atoms with Crippen molar-refractivity contribution in [2.75, 3.05) is 32.1 Å². The van der Waals surface area contributed by atoms with Gasteiger partial charge < -0.3 is 15.4 Å². The van der Waals surface area contributed by atoms with Crippen LogP contribution in [0.1, 0.15) is 18.4 Å². The van der Waals surface area contributed by atoms with Gasteiger partial charge in [0.1, 0.15) is 5.82 Å². The molecular weight excluding hydrogens is 242 g/mol. The normalized spacial score (nSPS) is 18.0. The van der Waals surface area contributed by atoms with Crippen molar-refractivity contribution in [3.63, 3.8) is 0 Å². The number of carbonyl (C=O) groups excluding carboxylic acids is 1. The van der Waals surface area contributed by atoms with Crippen molar-refractivity contribution in [1.29, 1.82) is 0 Å². The summed E-state index contributed by atoms with van der Waals surface area (Å²) in [5, 5.41) is 6.22. The van der Waals surface area contributed by atoms with Gasteiger partial charge in [0.2, 0.25) is 5.91 Å². The fraction of sp³-hybridized carbons (Fsp3) is 0.571. The molecule has 0 radical (unpaired) electrons. The molecular formula is C14H21N3O2. The van der Waals surface area contributed by atoms with Crippen LogP contribution in [0.15, 0.2) is 18.3 Å². The van der Waals surface area contributed by atoms with E-state index in [4.69, 9.17) is 4.74 Å². The molecule has 1 fully saturated rings. The largest absolute Gasteiger partial charge is 0.384 e. The van der Waals surface area contributed by atoms with Crippen LogP contribution in [-0.2, 0) is 9.53 Å². The third-order valence-corrected chi connectivity index (χ3v) is 3.70. The van der Waals surface area contributed by atoms with Gasteiger partial charge in [0.05, 0.1) is 12.0 Å². The minimum Gasteiger partial charge on any atom is -0.384 e. The zero-order chi connectivity index (χ0) is 13.7. The van der Waals surface area contributed by atoms with Crippen LogP contribution >= 0.6 is 0 Å². The second-order valence-electron chi connectivity index (χ2n) is 5.09. The summed E-state index contributed by atoms with van der Waals surface area (Å²) in [4.78, 5) is 16.8. The second-order valence-corrected chi connectivity index (χ2v) is 5.09. The van der Waals surface area contributed by atoms with E-state index in [1.165, 1.54) is 0 Å². The molecule has 0 atom stereocenters. The number of piperidine rings is 1. The lowest BCUT2D eigenvalue weighted by Crippen LogP contribution is -2.47. The lowest BCUT2D eigenvalue weighted by Gasteiger charge is -2.35. The third-order valence-electron chi connectivity index (χ3n) is 3.70. The van der Waals surface area contributed by atoms with Crippen molar-refractivity contribution in [2.24, 2.45) is 5.41 Å². The molecule has 2 heterocycles. The fourth-order valence-corrected chi connectivity index (χ4v) is 2.48. The van der Waals surface area contributed by atoms with Gasteiger partial charge in [0.15, 0.2) is 0 Å². The predicted molar refractivity (Wildman–Crippen MR) is 74.0 cm³/mol. The van der Waals surface area contributed by atoms with E-state index in [1.54, 1.807) is 13.3 Å². The van der Waals surface area contributed by atoms with Crippen LogP contribution in [0.3, 0.4) is 0 Å². The molecule has 0 unspecified atom stereocenters. The number of nitrogens with one attached hydrogen (secondary N) is 2. The molecule has 19 heavy (non-hydrogen) atoms. The smallest absolute Gasteiger partial charge is 0.234 e. The number of rotatable bonds is 4. The Labute approximate surface area is 113 Å². The van der Waals surface area contributed by atoms with E-state index in [0.717, 1.165) is 31.5 Å². The lowest BCUT2D eigenvalue weighted by molar-refractivity contribution is -0.130. The van der Waals surface area contributed by atoms with Crippen molar-refractivity contribution in [3.8, 4) is 0 Å². The molecule has 0 saturated carbocycles. The van der Waals surface area contributed by atoms with Crippen LogP contribution in [-0.4, -0.2) is 37.7 Å². The van der Waals surface area contributed by atoms with Crippen LogP contribution in [0, 0.1) is 12.3 Å². The lowest BCUT2D eigenvalue weighted by atomic mass is 9.78. The number of hydrogen-bond donors (Lipinski definition) is 2. The highest BCUT2D eigenvalue weighted by atomic mass is 16.5. The van der Waals surface area contributed by atoms with Gasteiger partial charge in [0, 0.05) is 13.3 Å². The number of carbonyl (C=O) groups is 1. The number of nitrogens with zero attached hydrogens (tertiary/aromatic N) is 1. The molecule has 0 aromatic carbocycles. The Morgan fingerprint density at radius 3 is 2.89 bits per heavy atom. The Bertz CT molecular complexity index is 437. The van der Waals surface area contributed by atoms with Crippen LogP contribution in [0.4, 0.5) is 5.82 Å².